The number of aliphatic carboxylic acids is 2. The molecule has 0 heterocycles. The lowest BCUT2D eigenvalue weighted by molar-refractivity contribution is -0.140. The molecule has 0 saturated heterocycles. The number of benzene rings is 2. The van der Waals surface area contributed by atoms with Crippen LogP contribution in [0.2, 0.25) is 0 Å². The van der Waals surface area contributed by atoms with E-state index in [4.69, 9.17) is 0 Å². The maximum Gasteiger partial charge on any atom is 0.304 e. The second-order valence-corrected chi connectivity index (χ2v) is 7.43. The Hall–Kier alpha value is -1.66. The van der Waals surface area contributed by atoms with Gasteiger partial charge in [-0.15, -0.1) is 0 Å². The molecule has 2 N–H and O–H groups in total. The van der Waals surface area contributed by atoms with Crippen LogP contribution in [0.5, 0.6) is 0 Å². The van der Waals surface area contributed by atoms with E-state index < -0.39 is 17.4 Å². The van der Waals surface area contributed by atoms with Crippen LogP contribution in [-0.4, -0.2) is 22.2 Å². The van der Waals surface area contributed by atoms with E-state index in [1.54, 1.807) is 0 Å². The van der Waals surface area contributed by atoms with Crippen molar-refractivity contribution in [3.05, 3.63) is 56.5 Å². The number of rotatable bonds is 4. The Labute approximate surface area is 149 Å². The molecule has 0 atom stereocenters. The first-order valence-corrected chi connectivity index (χ1v) is 8.46. The minimum Gasteiger partial charge on any atom is -0.481 e. The molecular weight excluding hydrogens is 428 g/mol. The third kappa shape index (κ3) is 2.70. The normalized spacial score (nSPS) is 14.2. The summed E-state index contributed by atoms with van der Waals surface area (Å²) in [6.45, 7) is 0. The van der Waals surface area contributed by atoms with Gasteiger partial charge in [-0.1, -0.05) is 44.0 Å². The molecule has 0 bridgehead atoms. The molecule has 0 aliphatic heterocycles. The van der Waals surface area contributed by atoms with Crippen LogP contribution in [0.1, 0.15) is 24.0 Å². The molecule has 0 saturated carbocycles. The van der Waals surface area contributed by atoms with E-state index in [2.05, 4.69) is 31.9 Å². The summed E-state index contributed by atoms with van der Waals surface area (Å²) in [6, 6.07) is 11.2. The fraction of sp³-hybridized carbons (Fsp3) is 0.176. The van der Waals surface area contributed by atoms with Crippen LogP contribution in [0.15, 0.2) is 45.3 Å². The van der Waals surface area contributed by atoms with Gasteiger partial charge in [0.05, 0.1) is 12.8 Å². The monoisotopic (exact) mass is 438 g/mol. The molecule has 6 heteroatoms. The fourth-order valence-electron chi connectivity index (χ4n) is 3.40. The summed E-state index contributed by atoms with van der Waals surface area (Å²) in [4.78, 5) is 23.0. The second-order valence-electron chi connectivity index (χ2n) is 5.60. The Kier molecular flexibility index (Phi) is 4.06. The van der Waals surface area contributed by atoms with Crippen LogP contribution < -0.4 is 0 Å². The van der Waals surface area contributed by atoms with Gasteiger partial charge in [0.25, 0.3) is 0 Å². The van der Waals surface area contributed by atoms with Crippen LogP contribution in [0.4, 0.5) is 0 Å². The minimum atomic E-state index is -1.07. The molecule has 2 aromatic rings. The fourth-order valence-corrected chi connectivity index (χ4v) is 4.12. The summed E-state index contributed by atoms with van der Waals surface area (Å²) in [5.41, 5.74) is 2.18. The molecule has 118 valence electrons. The van der Waals surface area contributed by atoms with E-state index in [0.717, 1.165) is 31.2 Å². The average molecular weight is 440 g/mol. The topological polar surface area (TPSA) is 74.6 Å². The van der Waals surface area contributed by atoms with Crippen molar-refractivity contribution >= 4 is 43.8 Å². The molecule has 1 aliphatic carbocycles. The van der Waals surface area contributed by atoms with E-state index in [9.17, 15) is 19.8 Å². The van der Waals surface area contributed by atoms with Crippen molar-refractivity contribution in [2.45, 2.75) is 18.3 Å². The number of halogens is 2. The molecule has 0 spiro atoms. The SMILES string of the molecule is O=C(O)CC1(CC(=O)O)c2cc(Br)ccc2-c2ccc(Br)cc21. The largest absolute Gasteiger partial charge is 0.481 e. The molecule has 3 rings (SSSR count). The first-order chi connectivity index (χ1) is 10.8. The third-order valence-corrected chi connectivity index (χ3v) is 5.18. The quantitative estimate of drug-likeness (QED) is 0.738. The van der Waals surface area contributed by atoms with Crippen molar-refractivity contribution < 1.29 is 19.8 Å². The van der Waals surface area contributed by atoms with Crippen molar-refractivity contribution in [2.24, 2.45) is 0 Å². The first kappa shape index (κ1) is 16.2. The Morgan fingerprint density at radius 2 is 1.22 bits per heavy atom. The van der Waals surface area contributed by atoms with E-state index in [-0.39, 0.29) is 12.8 Å². The van der Waals surface area contributed by atoms with Crippen molar-refractivity contribution in [3.63, 3.8) is 0 Å². The third-order valence-electron chi connectivity index (χ3n) is 4.19. The lowest BCUT2D eigenvalue weighted by Crippen LogP contribution is -2.31. The van der Waals surface area contributed by atoms with Crippen molar-refractivity contribution in [1.29, 1.82) is 0 Å². The molecule has 1 aliphatic rings. The van der Waals surface area contributed by atoms with Gasteiger partial charge >= 0.3 is 11.9 Å². The summed E-state index contributed by atoms with van der Waals surface area (Å²) in [5, 5.41) is 18.9. The Balaban J connectivity index is 2.36. The van der Waals surface area contributed by atoms with E-state index >= 15 is 0 Å². The number of carboxylic acid groups (broad SMARTS) is 2. The molecule has 4 nitrogen and oxygen atoms in total. The van der Waals surface area contributed by atoms with Crippen LogP contribution in [0.25, 0.3) is 11.1 Å². The first-order valence-electron chi connectivity index (χ1n) is 6.87. The van der Waals surface area contributed by atoms with Crippen molar-refractivity contribution in [1.82, 2.24) is 0 Å². The van der Waals surface area contributed by atoms with Crippen LogP contribution in [0, 0.1) is 0 Å². The maximum absolute atomic E-state index is 11.5. The molecule has 0 radical (unpaired) electrons. The predicted octanol–water partition coefficient (Wildman–Crippen LogP) is 4.43. The van der Waals surface area contributed by atoms with Gasteiger partial charge in [-0.2, -0.15) is 0 Å². The molecule has 0 fully saturated rings. The second kappa shape index (κ2) is 5.76. The van der Waals surface area contributed by atoms with Crippen molar-refractivity contribution in [2.75, 3.05) is 0 Å². The Morgan fingerprint density at radius 1 is 0.826 bits per heavy atom. The van der Waals surface area contributed by atoms with Gasteiger partial charge in [0.1, 0.15) is 0 Å². The lowest BCUT2D eigenvalue weighted by Gasteiger charge is -2.29. The average Bonchev–Trinajstić information content (AvgIpc) is 2.68. The summed E-state index contributed by atoms with van der Waals surface area (Å²) >= 11 is 6.81. The zero-order chi connectivity index (χ0) is 16.8. The number of hydrogen-bond acceptors (Lipinski definition) is 2. The van der Waals surface area contributed by atoms with Gasteiger partial charge in [0.2, 0.25) is 0 Å². The zero-order valence-corrected chi connectivity index (χ0v) is 15.0. The minimum absolute atomic E-state index is 0.272. The highest BCUT2D eigenvalue weighted by atomic mass is 79.9. The van der Waals surface area contributed by atoms with Gasteiger partial charge in [-0.25, -0.2) is 0 Å². The van der Waals surface area contributed by atoms with Gasteiger partial charge in [0.15, 0.2) is 0 Å². The smallest absolute Gasteiger partial charge is 0.304 e. The summed E-state index contributed by atoms with van der Waals surface area (Å²) in [6.07, 6.45) is -0.543. The van der Waals surface area contributed by atoms with Gasteiger partial charge in [-0.05, 0) is 46.5 Å². The van der Waals surface area contributed by atoms with E-state index in [1.807, 2.05) is 36.4 Å². The number of hydrogen-bond donors (Lipinski definition) is 2. The van der Waals surface area contributed by atoms with Crippen LogP contribution in [-0.2, 0) is 15.0 Å². The molecule has 23 heavy (non-hydrogen) atoms. The van der Waals surface area contributed by atoms with Crippen LogP contribution in [0.3, 0.4) is 0 Å². The van der Waals surface area contributed by atoms with Crippen molar-refractivity contribution in [3.8, 4) is 11.1 Å². The summed E-state index contributed by atoms with van der Waals surface area (Å²) in [5.74, 6) is -2.05. The zero-order valence-electron chi connectivity index (χ0n) is 11.8. The highest BCUT2D eigenvalue weighted by Crippen LogP contribution is 2.53. The van der Waals surface area contributed by atoms with Gasteiger partial charge in [0, 0.05) is 14.4 Å². The standard InChI is InChI=1S/C17H12Br2O4/c18-9-1-3-11-12-4-2-10(19)6-14(12)17(7-15(20)21,8-16(22)23)13(11)5-9/h1-6H,7-8H2,(H,20,21)(H,22,23). The highest BCUT2D eigenvalue weighted by Gasteiger charge is 2.46. The summed E-state index contributed by atoms with van der Waals surface area (Å²) < 4.78 is 1.59. The Bertz CT molecular complexity index is 760. The molecule has 2 aromatic carbocycles. The molecule has 0 unspecified atom stereocenters. The lowest BCUT2D eigenvalue weighted by atomic mass is 9.73. The number of fused-ring (bicyclic) bond motifs is 3. The van der Waals surface area contributed by atoms with Gasteiger partial charge < -0.3 is 10.2 Å². The van der Waals surface area contributed by atoms with Crippen LogP contribution >= 0.6 is 31.9 Å². The number of carbonyl (C=O) groups is 2. The van der Waals surface area contributed by atoms with Gasteiger partial charge in [-0.3, -0.25) is 9.59 Å². The molecule has 0 amide bonds. The molecule has 0 aromatic heterocycles. The summed E-state index contributed by atoms with van der Waals surface area (Å²) in [7, 11) is 0. The van der Waals surface area contributed by atoms with E-state index in [1.165, 1.54) is 0 Å². The number of carboxylic acids is 2. The predicted molar refractivity (Wildman–Crippen MR) is 92.6 cm³/mol. The maximum atomic E-state index is 11.5. The Morgan fingerprint density at radius 3 is 1.57 bits per heavy atom. The molecular formula is C17H12Br2O4. The highest BCUT2D eigenvalue weighted by molar-refractivity contribution is 9.10. The van der Waals surface area contributed by atoms with E-state index in [0.29, 0.717) is 0 Å².